The molecule has 0 aromatic heterocycles. The molecule has 0 unspecified atom stereocenters. The van der Waals surface area contributed by atoms with Gasteiger partial charge in [-0.3, -0.25) is 20.4 Å². The van der Waals surface area contributed by atoms with Gasteiger partial charge in [-0.2, -0.15) is 0 Å². The Labute approximate surface area is 153 Å². The molecular weight excluding hydrogens is 332 g/mol. The molecule has 0 spiro atoms. The fourth-order valence-corrected chi connectivity index (χ4v) is 2.26. The van der Waals surface area contributed by atoms with Crippen LogP contribution in [0.25, 0.3) is 0 Å². The van der Waals surface area contributed by atoms with Crippen molar-refractivity contribution in [3.05, 3.63) is 59.7 Å². The van der Waals surface area contributed by atoms with E-state index in [-0.39, 0.29) is 13.2 Å². The van der Waals surface area contributed by atoms with E-state index in [0.29, 0.717) is 11.5 Å². The van der Waals surface area contributed by atoms with Crippen LogP contribution < -0.4 is 20.3 Å². The number of amides is 2. The number of benzene rings is 2. The molecule has 2 amide bonds. The van der Waals surface area contributed by atoms with Crippen LogP contribution in [-0.4, -0.2) is 25.0 Å². The first-order valence-corrected chi connectivity index (χ1v) is 8.56. The summed E-state index contributed by atoms with van der Waals surface area (Å²) in [5.41, 5.74) is 6.74. The Morgan fingerprint density at radius 3 is 2.12 bits per heavy atom. The maximum atomic E-state index is 11.7. The normalized spacial score (nSPS) is 10.1. The third-order valence-corrected chi connectivity index (χ3v) is 3.63. The van der Waals surface area contributed by atoms with E-state index in [0.717, 1.165) is 18.4 Å². The number of rotatable bonds is 8. The van der Waals surface area contributed by atoms with E-state index in [9.17, 15) is 9.59 Å². The van der Waals surface area contributed by atoms with Gasteiger partial charge in [0, 0.05) is 0 Å². The minimum Gasteiger partial charge on any atom is -0.484 e. The van der Waals surface area contributed by atoms with E-state index < -0.39 is 11.8 Å². The first-order chi connectivity index (χ1) is 12.6. The van der Waals surface area contributed by atoms with Gasteiger partial charge in [0.2, 0.25) is 0 Å². The number of nitrogens with one attached hydrogen (secondary N) is 2. The predicted molar refractivity (Wildman–Crippen MR) is 98.9 cm³/mol. The number of hydrazine groups is 1. The molecule has 6 nitrogen and oxygen atoms in total. The second-order valence-electron chi connectivity index (χ2n) is 5.83. The highest BCUT2D eigenvalue weighted by Gasteiger charge is 2.07. The van der Waals surface area contributed by atoms with Crippen molar-refractivity contribution in [1.82, 2.24) is 10.9 Å². The highest BCUT2D eigenvalue weighted by atomic mass is 16.5. The van der Waals surface area contributed by atoms with Gasteiger partial charge in [0.05, 0.1) is 0 Å². The summed E-state index contributed by atoms with van der Waals surface area (Å²) in [7, 11) is 0. The number of ether oxygens (including phenoxy) is 2. The smallest absolute Gasteiger partial charge is 0.276 e. The van der Waals surface area contributed by atoms with Crippen LogP contribution in [0.4, 0.5) is 0 Å². The summed E-state index contributed by atoms with van der Waals surface area (Å²) in [4.78, 5) is 23.4. The average molecular weight is 356 g/mol. The van der Waals surface area contributed by atoms with Gasteiger partial charge < -0.3 is 9.47 Å². The van der Waals surface area contributed by atoms with Gasteiger partial charge in [0.1, 0.15) is 11.5 Å². The fraction of sp³-hybridized carbons (Fsp3) is 0.300. The lowest BCUT2D eigenvalue weighted by atomic mass is 10.1. The van der Waals surface area contributed by atoms with Crippen LogP contribution in [-0.2, 0) is 16.0 Å². The van der Waals surface area contributed by atoms with Crippen molar-refractivity contribution >= 4 is 11.8 Å². The molecule has 0 saturated heterocycles. The number of hydrogen-bond acceptors (Lipinski definition) is 4. The van der Waals surface area contributed by atoms with Crippen LogP contribution in [0.15, 0.2) is 48.5 Å². The Morgan fingerprint density at radius 1 is 0.885 bits per heavy atom. The summed E-state index contributed by atoms with van der Waals surface area (Å²) in [5, 5.41) is 0. The van der Waals surface area contributed by atoms with Crippen molar-refractivity contribution in [3.63, 3.8) is 0 Å². The molecule has 0 radical (unpaired) electrons. The molecule has 138 valence electrons. The van der Waals surface area contributed by atoms with Crippen molar-refractivity contribution in [2.75, 3.05) is 13.2 Å². The molecule has 6 heteroatoms. The second kappa shape index (κ2) is 10.1. The van der Waals surface area contributed by atoms with Crippen LogP contribution in [0.2, 0.25) is 0 Å². The fourth-order valence-electron chi connectivity index (χ4n) is 2.26. The van der Waals surface area contributed by atoms with Crippen LogP contribution in [0.5, 0.6) is 11.5 Å². The number of para-hydroxylation sites is 1. The lowest BCUT2D eigenvalue weighted by Crippen LogP contribution is -2.45. The zero-order valence-corrected chi connectivity index (χ0v) is 15.1. The maximum Gasteiger partial charge on any atom is 0.276 e. The van der Waals surface area contributed by atoms with E-state index >= 15 is 0 Å². The summed E-state index contributed by atoms with van der Waals surface area (Å²) < 4.78 is 10.8. The third kappa shape index (κ3) is 6.47. The van der Waals surface area contributed by atoms with Crippen LogP contribution in [0.1, 0.15) is 24.5 Å². The van der Waals surface area contributed by atoms with E-state index in [2.05, 4.69) is 17.8 Å². The van der Waals surface area contributed by atoms with Gasteiger partial charge in [-0.05, 0) is 42.7 Å². The zero-order chi connectivity index (χ0) is 18.8. The van der Waals surface area contributed by atoms with Gasteiger partial charge in [-0.15, -0.1) is 0 Å². The van der Waals surface area contributed by atoms with Gasteiger partial charge in [0.15, 0.2) is 13.2 Å². The molecule has 0 atom stereocenters. The number of hydrogen-bond donors (Lipinski definition) is 2. The summed E-state index contributed by atoms with van der Waals surface area (Å²) >= 11 is 0. The highest BCUT2D eigenvalue weighted by molar-refractivity contribution is 5.83. The molecule has 2 aromatic carbocycles. The van der Waals surface area contributed by atoms with E-state index in [1.54, 1.807) is 6.07 Å². The molecule has 0 aliphatic rings. The second-order valence-corrected chi connectivity index (χ2v) is 5.83. The van der Waals surface area contributed by atoms with E-state index in [1.165, 1.54) is 5.56 Å². The zero-order valence-electron chi connectivity index (χ0n) is 15.1. The van der Waals surface area contributed by atoms with E-state index in [4.69, 9.17) is 9.47 Å². The third-order valence-electron chi connectivity index (χ3n) is 3.63. The minimum absolute atomic E-state index is 0.188. The monoisotopic (exact) mass is 356 g/mol. The Kier molecular flexibility index (Phi) is 7.49. The van der Waals surface area contributed by atoms with Crippen molar-refractivity contribution < 1.29 is 19.1 Å². The Balaban J connectivity index is 1.66. The summed E-state index contributed by atoms with van der Waals surface area (Å²) in [5.74, 6) is 0.329. The first-order valence-electron chi connectivity index (χ1n) is 8.56. The molecule has 0 heterocycles. The largest absolute Gasteiger partial charge is 0.484 e. The average Bonchev–Trinajstić information content (AvgIpc) is 2.65. The van der Waals surface area contributed by atoms with Gasteiger partial charge in [-0.25, -0.2) is 0 Å². The molecule has 2 N–H and O–H groups in total. The standard InChI is InChI=1S/C20H24N2O4/c1-3-6-16-9-11-17(12-10-16)25-13-19(23)21-22-20(24)14-26-18-8-5-4-7-15(18)2/h4-5,7-12H,3,6,13-14H2,1-2H3,(H,21,23)(H,22,24). The molecule has 2 rings (SSSR count). The molecular formula is C20H24N2O4. The minimum atomic E-state index is -0.453. The Hall–Kier alpha value is -3.02. The molecule has 0 aliphatic heterocycles. The van der Waals surface area contributed by atoms with Crippen LogP contribution >= 0.6 is 0 Å². The SMILES string of the molecule is CCCc1ccc(OCC(=O)NNC(=O)COc2ccccc2C)cc1. The number of carbonyl (C=O) groups excluding carboxylic acids is 2. The van der Waals surface area contributed by atoms with E-state index in [1.807, 2.05) is 49.4 Å². The van der Waals surface area contributed by atoms with Crippen molar-refractivity contribution in [3.8, 4) is 11.5 Å². The summed E-state index contributed by atoms with van der Waals surface area (Å²) in [6, 6.07) is 15.0. The van der Waals surface area contributed by atoms with Crippen LogP contribution in [0, 0.1) is 6.92 Å². The topological polar surface area (TPSA) is 76.7 Å². The van der Waals surface area contributed by atoms with Gasteiger partial charge in [-0.1, -0.05) is 43.7 Å². The molecule has 0 aliphatic carbocycles. The van der Waals surface area contributed by atoms with Crippen molar-refractivity contribution in [2.45, 2.75) is 26.7 Å². The number of carbonyl (C=O) groups is 2. The van der Waals surface area contributed by atoms with Crippen LogP contribution in [0.3, 0.4) is 0 Å². The van der Waals surface area contributed by atoms with Crippen molar-refractivity contribution in [1.29, 1.82) is 0 Å². The maximum absolute atomic E-state index is 11.7. The Bertz CT molecular complexity index is 729. The lowest BCUT2D eigenvalue weighted by molar-refractivity contribution is -0.131. The Morgan fingerprint density at radius 2 is 1.50 bits per heavy atom. The summed E-state index contributed by atoms with van der Waals surface area (Å²) in [6.45, 7) is 3.63. The molecule has 0 saturated carbocycles. The first kappa shape index (κ1) is 19.3. The summed E-state index contributed by atoms with van der Waals surface area (Å²) in [6.07, 6.45) is 2.09. The van der Waals surface area contributed by atoms with Gasteiger partial charge >= 0.3 is 0 Å². The molecule has 0 fully saturated rings. The molecule has 26 heavy (non-hydrogen) atoms. The lowest BCUT2D eigenvalue weighted by Gasteiger charge is -2.11. The quantitative estimate of drug-likeness (QED) is 0.713. The highest BCUT2D eigenvalue weighted by Crippen LogP contribution is 2.15. The predicted octanol–water partition coefficient (Wildman–Crippen LogP) is 2.55. The molecule has 0 bridgehead atoms. The number of aryl methyl sites for hydroxylation is 2. The van der Waals surface area contributed by atoms with Crippen molar-refractivity contribution in [2.24, 2.45) is 0 Å². The molecule has 2 aromatic rings. The van der Waals surface area contributed by atoms with Gasteiger partial charge in [0.25, 0.3) is 11.8 Å².